The standard InChI is InChI=1S/C18H17N3OS/c22-17(20-12-13-5-4-8-19-11-13)16-14-6-3-7-15(14)23-18(16)21-9-1-2-10-21/h1-2,4-5,8-11H,3,6-7,12H2,(H,20,22). The van der Waals surface area contributed by atoms with Crippen molar-refractivity contribution < 1.29 is 4.79 Å². The molecule has 0 atom stereocenters. The number of nitrogens with zero attached hydrogens (tertiary/aromatic N) is 2. The summed E-state index contributed by atoms with van der Waals surface area (Å²) in [5.41, 5.74) is 3.10. The first-order valence-electron chi connectivity index (χ1n) is 7.78. The molecule has 0 spiro atoms. The molecule has 5 heteroatoms. The van der Waals surface area contributed by atoms with Gasteiger partial charge < -0.3 is 9.88 Å². The number of carbonyl (C=O) groups excluding carboxylic acids is 1. The highest BCUT2D eigenvalue weighted by molar-refractivity contribution is 7.15. The van der Waals surface area contributed by atoms with E-state index in [0.717, 1.165) is 35.4 Å². The van der Waals surface area contributed by atoms with Gasteiger partial charge in [0.1, 0.15) is 5.00 Å². The summed E-state index contributed by atoms with van der Waals surface area (Å²) in [7, 11) is 0. The van der Waals surface area contributed by atoms with Gasteiger partial charge in [0, 0.05) is 36.2 Å². The van der Waals surface area contributed by atoms with Crippen LogP contribution in [0.4, 0.5) is 0 Å². The van der Waals surface area contributed by atoms with Crippen molar-refractivity contribution in [2.45, 2.75) is 25.8 Å². The van der Waals surface area contributed by atoms with Crippen LogP contribution in [0.15, 0.2) is 49.1 Å². The molecule has 0 bridgehead atoms. The zero-order valence-corrected chi connectivity index (χ0v) is 13.5. The minimum atomic E-state index is 0.0111. The first-order chi connectivity index (χ1) is 11.3. The summed E-state index contributed by atoms with van der Waals surface area (Å²) in [4.78, 5) is 18.3. The minimum absolute atomic E-state index is 0.0111. The molecular formula is C18H17N3OS. The topological polar surface area (TPSA) is 46.9 Å². The van der Waals surface area contributed by atoms with Gasteiger partial charge in [0.25, 0.3) is 5.91 Å². The third-order valence-electron chi connectivity index (χ3n) is 4.14. The fourth-order valence-corrected chi connectivity index (χ4v) is 4.40. The van der Waals surface area contributed by atoms with Crippen LogP contribution in [0.3, 0.4) is 0 Å². The average Bonchev–Trinajstić information content (AvgIpc) is 3.29. The second kappa shape index (κ2) is 6.01. The van der Waals surface area contributed by atoms with Gasteiger partial charge >= 0.3 is 0 Å². The Morgan fingerprint density at radius 1 is 1.26 bits per heavy atom. The normalized spacial score (nSPS) is 13.0. The van der Waals surface area contributed by atoms with E-state index < -0.39 is 0 Å². The molecule has 0 aromatic carbocycles. The van der Waals surface area contributed by atoms with Crippen molar-refractivity contribution in [3.8, 4) is 5.00 Å². The molecule has 4 nitrogen and oxygen atoms in total. The lowest BCUT2D eigenvalue weighted by Gasteiger charge is -2.09. The van der Waals surface area contributed by atoms with Gasteiger partial charge in [-0.15, -0.1) is 11.3 Å². The predicted octanol–water partition coefficient (Wildman–Crippen LogP) is 3.35. The molecule has 0 fully saturated rings. The molecule has 116 valence electrons. The van der Waals surface area contributed by atoms with Crippen LogP contribution in [-0.4, -0.2) is 15.5 Å². The molecule has 1 amide bonds. The van der Waals surface area contributed by atoms with Crippen molar-refractivity contribution >= 4 is 17.2 Å². The molecule has 0 aliphatic heterocycles. The summed E-state index contributed by atoms with van der Waals surface area (Å²) < 4.78 is 2.04. The molecule has 0 saturated carbocycles. The van der Waals surface area contributed by atoms with E-state index >= 15 is 0 Å². The van der Waals surface area contributed by atoms with Crippen molar-refractivity contribution in [3.05, 3.63) is 70.6 Å². The minimum Gasteiger partial charge on any atom is -0.348 e. The molecule has 1 N–H and O–H groups in total. The van der Waals surface area contributed by atoms with Gasteiger partial charge in [-0.1, -0.05) is 6.07 Å². The van der Waals surface area contributed by atoms with E-state index in [1.807, 2.05) is 41.2 Å². The monoisotopic (exact) mass is 323 g/mol. The molecule has 3 heterocycles. The molecule has 3 aromatic heterocycles. The molecule has 3 aromatic rings. The molecule has 0 saturated heterocycles. The van der Waals surface area contributed by atoms with Crippen LogP contribution >= 0.6 is 11.3 Å². The van der Waals surface area contributed by atoms with Gasteiger partial charge in [0.15, 0.2) is 0 Å². The fourth-order valence-electron chi connectivity index (χ4n) is 3.05. The Hall–Kier alpha value is -2.40. The maximum atomic E-state index is 12.8. The zero-order valence-electron chi connectivity index (χ0n) is 12.7. The van der Waals surface area contributed by atoms with Gasteiger partial charge in [-0.3, -0.25) is 9.78 Å². The van der Waals surface area contributed by atoms with Crippen molar-refractivity contribution in [3.63, 3.8) is 0 Å². The summed E-state index contributed by atoms with van der Waals surface area (Å²) >= 11 is 1.75. The van der Waals surface area contributed by atoms with Crippen molar-refractivity contribution in [2.24, 2.45) is 0 Å². The van der Waals surface area contributed by atoms with Crippen LogP contribution in [0.25, 0.3) is 5.00 Å². The van der Waals surface area contributed by atoms with Crippen LogP contribution in [0.1, 0.15) is 32.8 Å². The third kappa shape index (κ3) is 2.68. The van der Waals surface area contributed by atoms with E-state index in [9.17, 15) is 4.79 Å². The van der Waals surface area contributed by atoms with Gasteiger partial charge in [-0.05, 0) is 48.6 Å². The number of hydrogen-bond donors (Lipinski definition) is 1. The Morgan fingerprint density at radius 2 is 2.13 bits per heavy atom. The van der Waals surface area contributed by atoms with Gasteiger partial charge in [-0.25, -0.2) is 0 Å². The largest absolute Gasteiger partial charge is 0.348 e. The molecular weight excluding hydrogens is 306 g/mol. The average molecular weight is 323 g/mol. The number of aromatic nitrogens is 2. The summed E-state index contributed by atoms with van der Waals surface area (Å²) in [5.74, 6) is 0.0111. The molecule has 0 unspecified atom stereocenters. The van der Waals surface area contributed by atoms with Gasteiger partial charge in [0.05, 0.1) is 5.56 Å². The first kappa shape index (κ1) is 14.2. The summed E-state index contributed by atoms with van der Waals surface area (Å²) in [6.07, 6.45) is 10.8. The van der Waals surface area contributed by atoms with E-state index in [0.29, 0.717) is 6.54 Å². The number of aryl methyl sites for hydroxylation is 1. The lowest BCUT2D eigenvalue weighted by molar-refractivity contribution is 0.0950. The van der Waals surface area contributed by atoms with E-state index in [1.54, 1.807) is 23.7 Å². The van der Waals surface area contributed by atoms with E-state index in [1.165, 1.54) is 10.4 Å². The van der Waals surface area contributed by atoms with Crippen molar-refractivity contribution in [1.29, 1.82) is 0 Å². The quantitative estimate of drug-likeness (QED) is 0.800. The maximum Gasteiger partial charge on any atom is 0.254 e. The van der Waals surface area contributed by atoms with Gasteiger partial charge in [0.2, 0.25) is 0 Å². The number of hydrogen-bond acceptors (Lipinski definition) is 3. The van der Waals surface area contributed by atoms with Crippen LogP contribution in [0.2, 0.25) is 0 Å². The zero-order chi connectivity index (χ0) is 15.6. The van der Waals surface area contributed by atoms with Crippen molar-refractivity contribution in [2.75, 3.05) is 0 Å². The Labute approximate surface area is 138 Å². The van der Waals surface area contributed by atoms with Gasteiger partial charge in [-0.2, -0.15) is 0 Å². The van der Waals surface area contributed by atoms with E-state index in [-0.39, 0.29) is 5.91 Å². The SMILES string of the molecule is O=C(NCc1cccnc1)c1c(-n2cccc2)sc2c1CCC2. The first-order valence-corrected chi connectivity index (χ1v) is 8.59. The molecule has 1 aliphatic carbocycles. The van der Waals surface area contributed by atoms with Crippen molar-refractivity contribution in [1.82, 2.24) is 14.9 Å². The number of amides is 1. The number of fused-ring (bicyclic) bond motifs is 1. The Kier molecular flexibility index (Phi) is 3.71. The number of pyridine rings is 1. The molecule has 23 heavy (non-hydrogen) atoms. The fraction of sp³-hybridized carbons (Fsp3) is 0.222. The summed E-state index contributed by atoms with van der Waals surface area (Å²) in [6.45, 7) is 0.502. The molecule has 1 aliphatic rings. The Balaban J connectivity index is 1.63. The summed E-state index contributed by atoms with van der Waals surface area (Å²) in [5, 5.41) is 4.08. The highest BCUT2D eigenvalue weighted by atomic mass is 32.1. The van der Waals surface area contributed by atoms with E-state index in [4.69, 9.17) is 0 Å². The van der Waals surface area contributed by atoms with Crippen LogP contribution in [0, 0.1) is 0 Å². The lowest BCUT2D eigenvalue weighted by Crippen LogP contribution is -2.24. The second-order valence-corrected chi connectivity index (χ2v) is 6.76. The highest BCUT2D eigenvalue weighted by Crippen LogP contribution is 2.37. The number of carbonyl (C=O) groups is 1. The van der Waals surface area contributed by atoms with E-state index in [2.05, 4.69) is 10.3 Å². The summed E-state index contributed by atoms with van der Waals surface area (Å²) in [6, 6.07) is 7.83. The van der Waals surface area contributed by atoms with Crippen LogP contribution in [0.5, 0.6) is 0 Å². The molecule has 0 radical (unpaired) electrons. The lowest BCUT2D eigenvalue weighted by atomic mass is 10.1. The second-order valence-electron chi connectivity index (χ2n) is 5.67. The smallest absolute Gasteiger partial charge is 0.254 e. The third-order valence-corrected chi connectivity index (χ3v) is 5.45. The number of rotatable bonds is 4. The predicted molar refractivity (Wildman–Crippen MR) is 91.1 cm³/mol. The number of thiophene rings is 1. The highest BCUT2D eigenvalue weighted by Gasteiger charge is 2.27. The Bertz CT molecular complexity index is 822. The van der Waals surface area contributed by atoms with Crippen LogP contribution < -0.4 is 5.32 Å². The Morgan fingerprint density at radius 3 is 2.91 bits per heavy atom. The van der Waals surface area contributed by atoms with Crippen LogP contribution in [-0.2, 0) is 19.4 Å². The number of nitrogens with one attached hydrogen (secondary N) is 1. The maximum absolute atomic E-state index is 12.8. The molecule has 4 rings (SSSR count).